The molecule has 4 atom stereocenters. The molecule has 0 saturated heterocycles. The van der Waals surface area contributed by atoms with Gasteiger partial charge in [-0.05, 0) is 77.2 Å². The van der Waals surface area contributed by atoms with Gasteiger partial charge in [-0.25, -0.2) is 0 Å². The fourth-order valence-corrected chi connectivity index (χ4v) is 7.68. The van der Waals surface area contributed by atoms with Crippen LogP contribution >= 0.6 is 11.3 Å². The maximum absolute atomic E-state index is 2.65. The second-order valence-corrected chi connectivity index (χ2v) is 9.87. The second-order valence-electron chi connectivity index (χ2n) is 8.87. The van der Waals surface area contributed by atoms with Gasteiger partial charge in [-0.3, -0.25) is 0 Å². The molecule has 2 saturated carbocycles. The summed E-state index contributed by atoms with van der Waals surface area (Å²) in [4.78, 5) is 1.71. The minimum Gasteiger partial charge on any atom is -0.149 e. The van der Waals surface area contributed by atoms with Gasteiger partial charge in [0, 0.05) is 4.88 Å². The Bertz CT molecular complexity index is 540. The lowest BCUT2D eigenvalue weighted by Gasteiger charge is -2.61. The Labute approximate surface area is 128 Å². The average molecular weight is 289 g/mol. The SMILES string of the molecule is CC1(C)CCCC2(C)C1CCC1(C)c3ccsc3CC12. The Hall–Kier alpha value is -0.300. The minimum atomic E-state index is 0.480. The van der Waals surface area contributed by atoms with E-state index in [2.05, 4.69) is 39.1 Å². The van der Waals surface area contributed by atoms with Crippen molar-refractivity contribution in [2.75, 3.05) is 0 Å². The molecular weight excluding hydrogens is 260 g/mol. The fraction of sp³-hybridized carbons (Fsp3) is 0.789. The van der Waals surface area contributed by atoms with Crippen LogP contribution in [-0.4, -0.2) is 0 Å². The molecule has 0 N–H and O–H groups in total. The largest absolute Gasteiger partial charge is 0.149 e. The first kappa shape index (κ1) is 13.4. The Morgan fingerprint density at radius 3 is 2.65 bits per heavy atom. The molecule has 0 aromatic carbocycles. The zero-order valence-electron chi connectivity index (χ0n) is 13.5. The van der Waals surface area contributed by atoms with E-state index < -0.39 is 0 Å². The standard InChI is InChI=1S/C19H28S/c1-17(2)8-5-9-19(4)15(17)6-10-18(3)13-7-11-20-14(13)12-16(18)19/h7,11,15-16H,5-6,8-10,12H2,1-4H3. The van der Waals surface area contributed by atoms with Gasteiger partial charge in [-0.2, -0.15) is 0 Å². The molecule has 20 heavy (non-hydrogen) atoms. The topological polar surface area (TPSA) is 0 Å². The third kappa shape index (κ3) is 1.48. The molecule has 4 unspecified atom stereocenters. The molecule has 0 amide bonds. The van der Waals surface area contributed by atoms with Crippen LogP contribution in [0.1, 0.15) is 70.2 Å². The average Bonchev–Trinajstić information content (AvgIpc) is 2.90. The molecule has 1 aromatic heterocycles. The van der Waals surface area contributed by atoms with Crippen LogP contribution in [0.25, 0.3) is 0 Å². The zero-order chi connectivity index (χ0) is 14.2. The number of thiophene rings is 1. The number of fused-ring (bicyclic) bond motifs is 5. The first-order chi connectivity index (χ1) is 9.38. The smallest absolute Gasteiger partial charge is 0.00861 e. The van der Waals surface area contributed by atoms with Crippen molar-refractivity contribution in [2.24, 2.45) is 22.7 Å². The highest BCUT2D eigenvalue weighted by Gasteiger charge is 2.61. The lowest BCUT2D eigenvalue weighted by atomic mass is 9.43. The van der Waals surface area contributed by atoms with Gasteiger partial charge in [-0.1, -0.05) is 34.1 Å². The van der Waals surface area contributed by atoms with Crippen LogP contribution < -0.4 is 0 Å². The second kappa shape index (κ2) is 3.91. The summed E-state index contributed by atoms with van der Waals surface area (Å²) in [6, 6.07) is 2.44. The first-order valence-electron chi connectivity index (χ1n) is 8.45. The van der Waals surface area contributed by atoms with Crippen molar-refractivity contribution in [1.82, 2.24) is 0 Å². The summed E-state index contributed by atoms with van der Waals surface area (Å²) < 4.78 is 0. The molecule has 1 heterocycles. The maximum Gasteiger partial charge on any atom is 0.00861 e. The maximum atomic E-state index is 2.65. The highest BCUT2D eigenvalue weighted by Crippen LogP contribution is 2.67. The van der Waals surface area contributed by atoms with E-state index in [0.29, 0.717) is 16.2 Å². The number of hydrogen-bond acceptors (Lipinski definition) is 1. The molecule has 3 aliphatic rings. The quantitative estimate of drug-likeness (QED) is 0.565. The van der Waals surface area contributed by atoms with Crippen molar-refractivity contribution >= 4 is 11.3 Å². The van der Waals surface area contributed by atoms with Gasteiger partial charge in [-0.15, -0.1) is 11.3 Å². The van der Waals surface area contributed by atoms with E-state index in [-0.39, 0.29) is 0 Å². The third-order valence-electron chi connectivity index (χ3n) is 7.54. The molecule has 0 spiro atoms. The van der Waals surface area contributed by atoms with E-state index >= 15 is 0 Å². The molecule has 4 rings (SSSR count). The van der Waals surface area contributed by atoms with Crippen LogP contribution in [0.4, 0.5) is 0 Å². The Morgan fingerprint density at radius 2 is 1.85 bits per heavy atom. The van der Waals surface area contributed by atoms with Crippen molar-refractivity contribution in [3.63, 3.8) is 0 Å². The third-order valence-corrected chi connectivity index (χ3v) is 8.49. The summed E-state index contributed by atoms with van der Waals surface area (Å²) in [6.45, 7) is 10.3. The molecule has 0 nitrogen and oxygen atoms in total. The van der Waals surface area contributed by atoms with Gasteiger partial charge in [0.05, 0.1) is 0 Å². The summed E-state index contributed by atoms with van der Waals surface area (Å²) >= 11 is 2.01. The molecule has 3 aliphatic carbocycles. The monoisotopic (exact) mass is 288 g/mol. The minimum absolute atomic E-state index is 0.480. The van der Waals surface area contributed by atoms with Crippen molar-refractivity contribution in [1.29, 1.82) is 0 Å². The molecule has 1 heteroatoms. The van der Waals surface area contributed by atoms with Gasteiger partial charge in [0.1, 0.15) is 0 Å². The van der Waals surface area contributed by atoms with Crippen LogP contribution in [0.5, 0.6) is 0 Å². The summed E-state index contributed by atoms with van der Waals surface area (Å²) in [6.07, 6.45) is 8.60. The molecule has 1 aromatic rings. The van der Waals surface area contributed by atoms with Crippen molar-refractivity contribution in [2.45, 2.75) is 71.6 Å². The zero-order valence-corrected chi connectivity index (χ0v) is 14.3. The van der Waals surface area contributed by atoms with E-state index in [1.807, 2.05) is 11.3 Å². The molecular formula is C19H28S. The lowest BCUT2D eigenvalue weighted by Crippen LogP contribution is -2.55. The normalized spacial score (nSPS) is 45.6. The Morgan fingerprint density at radius 1 is 1.05 bits per heavy atom. The Balaban J connectivity index is 1.80. The molecule has 0 bridgehead atoms. The van der Waals surface area contributed by atoms with Crippen LogP contribution in [0, 0.1) is 22.7 Å². The lowest BCUT2D eigenvalue weighted by molar-refractivity contribution is -0.0982. The molecule has 110 valence electrons. The van der Waals surface area contributed by atoms with E-state index in [0.717, 1.165) is 11.8 Å². The van der Waals surface area contributed by atoms with Crippen molar-refractivity contribution in [3.05, 3.63) is 21.9 Å². The summed E-state index contributed by atoms with van der Waals surface area (Å²) in [7, 11) is 0. The van der Waals surface area contributed by atoms with E-state index in [1.54, 1.807) is 10.4 Å². The predicted octanol–water partition coefficient (Wildman–Crippen LogP) is 5.80. The first-order valence-corrected chi connectivity index (χ1v) is 9.33. The molecule has 2 fully saturated rings. The van der Waals surface area contributed by atoms with Gasteiger partial charge in [0.25, 0.3) is 0 Å². The van der Waals surface area contributed by atoms with Crippen molar-refractivity contribution < 1.29 is 0 Å². The predicted molar refractivity (Wildman–Crippen MR) is 87.3 cm³/mol. The van der Waals surface area contributed by atoms with Crippen LogP contribution in [0.3, 0.4) is 0 Å². The summed E-state index contributed by atoms with van der Waals surface area (Å²) in [5, 5.41) is 2.32. The van der Waals surface area contributed by atoms with Crippen molar-refractivity contribution in [3.8, 4) is 0 Å². The van der Waals surface area contributed by atoms with Crippen LogP contribution in [0.15, 0.2) is 11.4 Å². The highest BCUT2D eigenvalue weighted by molar-refractivity contribution is 7.10. The van der Waals surface area contributed by atoms with Crippen LogP contribution in [-0.2, 0) is 11.8 Å². The Kier molecular flexibility index (Phi) is 2.61. The number of rotatable bonds is 0. The van der Waals surface area contributed by atoms with Crippen LogP contribution in [0.2, 0.25) is 0 Å². The van der Waals surface area contributed by atoms with Gasteiger partial charge < -0.3 is 0 Å². The summed E-state index contributed by atoms with van der Waals surface area (Å²) in [5.41, 5.74) is 3.34. The van der Waals surface area contributed by atoms with E-state index in [9.17, 15) is 0 Å². The highest BCUT2D eigenvalue weighted by atomic mass is 32.1. The van der Waals surface area contributed by atoms with E-state index in [1.165, 1.54) is 38.5 Å². The van der Waals surface area contributed by atoms with E-state index in [4.69, 9.17) is 0 Å². The van der Waals surface area contributed by atoms with Gasteiger partial charge in [0.15, 0.2) is 0 Å². The molecule has 0 aliphatic heterocycles. The fourth-order valence-electron chi connectivity index (χ4n) is 6.62. The van der Waals surface area contributed by atoms with Gasteiger partial charge >= 0.3 is 0 Å². The number of hydrogen-bond donors (Lipinski definition) is 0. The summed E-state index contributed by atoms with van der Waals surface area (Å²) in [5.74, 6) is 1.84. The van der Waals surface area contributed by atoms with Gasteiger partial charge in [0.2, 0.25) is 0 Å². The molecule has 0 radical (unpaired) electrons.